The molecule has 0 radical (unpaired) electrons. The zero-order valence-corrected chi connectivity index (χ0v) is 20.0. The Hall–Kier alpha value is -3.32. The van der Waals surface area contributed by atoms with Crippen LogP contribution in [-0.2, 0) is 6.42 Å². The summed E-state index contributed by atoms with van der Waals surface area (Å²) in [6.45, 7) is 9.40. The predicted molar refractivity (Wildman–Crippen MR) is 145 cm³/mol. The maximum absolute atomic E-state index is 4.46. The minimum Gasteiger partial charge on any atom is -0.384 e. The molecule has 0 amide bonds. The molecule has 3 aliphatic rings. The van der Waals surface area contributed by atoms with Crippen molar-refractivity contribution in [3.05, 3.63) is 131 Å². The van der Waals surface area contributed by atoms with E-state index >= 15 is 0 Å². The molecule has 0 unspecified atom stereocenters. The van der Waals surface area contributed by atoms with Gasteiger partial charge < -0.3 is 5.32 Å². The molecule has 0 fully saturated rings. The Morgan fingerprint density at radius 1 is 1.03 bits per heavy atom. The van der Waals surface area contributed by atoms with E-state index in [0.29, 0.717) is 0 Å². The van der Waals surface area contributed by atoms with Gasteiger partial charge in [0.15, 0.2) is 0 Å². The number of hydrogen-bond donors (Lipinski definition) is 1. The summed E-state index contributed by atoms with van der Waals surface area (Å²) in [7, 11) is 0. The van der Waals surface area contributed by atoms with Gasteiger partial charge >= 0.3 is 0 Å². The number of benzene rings is 1. The van der Waals surface area contributed by atoms with Crippen molar-refractivity contribution >= 4 is 11.1 Å². The van der Waals surface area contributed by atoms with Crippen LogP contribution in [0.3, 0.4) is 0 Å². The van der Waals surface area contributed by atoms with Crippen LogP contribution in [0.5, 0.6) is 0 Å². The standard InChI is InChI=1S/C32H35N/c1-4-6-7-12-20-33-32-17-11-10-15-29(32)24(3)21-25(13-5-2)26-18-19-28-22-27-14-8-9-16-30(27)31(28)23-26/h4-7,9-10,12-13,15-16,18-19,21,23,33H,3,8,11,14,17,20,22H2,1-2H3/b6-4-,12-7-,13-5?,25-21+. The second-order valence-electron chi connectivity index (χ2n) is 8.80. The maximum atomic E-state index is 4.46. The number of allylic oxidation sites excluding steroid dienone is 16. The fourth-order valence-corrected chi connectivity index (χ4v) is 4.83. The fourth-order valence-electron chi connectivity index (χ4n) is 4.83. The molecule has 3 aliphatic carbocycles. The van der Waals surface area contributed by atoms with Crippen molar-refractivity contribution in [3.63, 3.8) is 0 Å². The number of hydrogen-bond acceptors (Lipinski definition) is 1. The molecule has 0 saturated carbocycles. The molecule has 1 aromatic rings. The van der Waals surface area contributed by atoms with E-state index in [0.717, 1.165) is 31.4 Å². The third-order valence-corrected chi connectivity index (χ3v) is 6.48. The Morgan fingerprint density at radius 2 is 1.88 bits per heavy atom. The van der Waals surface area contributed by atoms with Crippen LogP contribution in [0.1, 0.15) is 56.2 Å². The van der Waals surface area contributed by atoms with E-state index in [2.05, 4.69) is 97.8 Å². The first-order valence-corrected chi connectivity index (χ1v) is 12.2. The van der Waals surface area contributed by atoms with Crippen molar-refractivity contribution in [2.45, 2.75) is 46.0 Å². The lowest BCUT2D eigenvalue weighted by atomic mass is 9.92. The highest BCUT2D eigenvalue weighted by atomic mass is 14.9. The molecule has 168 valence electrons. The van der Waals surface area contributed by atoms with Gasteiger partial charge in [0.1, 0.15) is 0 Å². The van der Waals surface area contributed by atoms with E-state index < -0.39 is 0 Å². The van der Waals surface area contributed by atoms with Crippen LogP contribution in [0.15, 0.2) is 114 Å². The van der Waals surface area contributed by atoms with Crippen molar-refractivity contribution in [2.75, 3.05) is 6.54 Å². The molecule has 0 atom stereocenters. The van der Waals surface area contributed by atoms with Crippen LogP contribution in [0.25, 0.3) is 11.1 Å². The first-order chi connectivity index (χ1) is 16.2. The zero-order chi connectivity index (χ0) is 23.0. The van der Waals surface area contributed by atoms with Crippen molar-refractivity contribution < 1.29 is 0 Å². The van der Waals surface area contributed by atoms with Crippen LogP contribution in [0.4, 0.5) is 0 Å². The van der Waals surface area contributed by atoms with Crippen molar-refractivity contribution in [1.29, 1.82) is 0 Å². The summed E-state index contributed by atoms with van der Waals surface area (Å²) in [6, 6.07) is 6.97. The van der Waals surface area contributed by atoms with Crippen LogP contribution in [0.2, 0.25) is 0 Å². The lowest BCUT2D eigenvalue weighted by Crippen LogP contribution is -2.17. The summed E-state index contributed by atoms with van der Waals surface area (Å²) in [5.41, 5.74) is 11.9. The molecule has 0 heterocycles. The van der Waals surface area contributed by atoms with Crippen LogP contribution >= 0.6 is 0 Å². The molecule has 0 spiro atoms. The number of fused-ring (bicyclic) bond motifs is 2. The molecule has 1 nitrogen and oxygen atoms in total. The van der Waals surface area contributed by atoms with E-state index in [-0.39, 0.29) is 0 Å². The Morgan fingerprint density at radius 3 is 2.73 bits per heavy atom. The highest BCUT2D eigenvalue weighted by Gasteiger charge is 2.21. The van der Waals surface area contributed by atoms with Gasteiger partial charge in [0, 0.05) is 12.2 Å². The molecule has 0 saturated heterocycles. The predicted octanol–water partition coefficient (Wildman–Crippen LogP) is 8.19. The second-order valence-corrected chi connectivity index (χ2v) is 8.80. The smallest absolute Gasteiger partial charge is 0.0331 e. The van der Waals surface area contributed by atoms with Gasteiger partial charge in [-0.1, -0.05) is 85.0 Å². The average molecular weight is 434 g/mol. The van der Waals surface area contributed by atoms with Gasteiger partial charge in [-0.2, -0.15) is 0 Å². The van der Waals surface area contributed by atoms with Crippen LogP contribution in [-0.4, -0.2) is 6.54 Å². The molecule has 33 heavy (non-hydrogen) atoms. The largest absolute Gasteiger partial charge is 0.384 e. The first kappa shape index (κ1) is 22.9. The summed E-state index contributed by atoms with van der Waals surface area (Å²) in [5, 5.41) is 3.61. The quantitative estimate of drug-likeness (QED) is 0.407. The lowest BCUT2D eigenvalue weighted by molar-refractivity contribution is 0.790. The summed E-state index contributed by atoms with van der Waals surface area (Å²) in [6.07, 6.45) is 29.6. The van der Waals surface area contributed by atoms with Gasteiger partial charge in [-0.15, -0.1) is 0 Å². The molecule has 0 aromatic heterocycles. The summed E-state index contributed by atoms with van der Waals surface area (Å²) < 4.78 is 0. The molecule has 4 rings (SSSR count). The molecule has 1 N–H and O–H groups in total. The number of nitrogens with one attached hydrogen (secondary N) is 1. The van der Waals surface area contributed by atoms with Crippen LogP contribution < -0.4 is 5.32 Å². The minimum atomic E-state index is 0.825. The normalized spacial score (nSPS) is 18.2. The van der Waals surface area contributed by atoms with Gasteiger partial charge in [-0.05, 0) is 97.1 Å². The van der Waals surface area contributed by atoms with Gasteiger partial charge in [0.25, 0.3) is 0 Å². The third kappa shape index (κ3) is 5.37. The van der Waals surface area contributed by atoms with Gasteiger partial charge in [-0.25, -0.2) is 0 Å². The zero-order valence-electron chi connectivity index (χ0n) is 20.0. The highest BCUT2D eigenvalue weighted by molar-refractivity contribution is 5.87. The SMILES string of the molecule is C=C(/C=C(\C=CC)c1ccc2c(c1)C1=C(CCC=C1)C2)C1=C(NC/C=C\C=C/C)CCC=C1. The van der Waals surface area contributed by atoms with Gasteiger partial charge in [0.05, 0.1) is 0 Å². The van der Waals surface area contributed by atoms with E-state index in [1.807, 2.05) is 13.0 Å². The molecular weight excluding hydrogens is 398 g/mol. The Bertz CT molecular complexity index is 1150. The first-order valence-electron chi connectivity index (χ1n) is 12.2. The Kier molecular flexibility index (Phi) is 7.62. The minimum absolute atomic E-state index is 0.825. The lowest BCUT2D eigenvalue weighted by Gasteiger charge is -2.18. The second kappa shape index (κ2) is 11.0. The van der Waals surface area contributed by atoms with Crippen molar-refractivity contribution in [1.82, 2.24) is 5.32 Å². The molecule has 0 aliphatic heterocycles. The summed E-state index contributed by atoms with van der Waals surface area (Å²) in [4.78, 5) is 0. The van der Waals surface area contributed by atoms with E-state index in [1.165, 1.54) is 51.9 Å². The van der Waals surface area contributed by atoms with E-state index in [1.54, 1.807) is 5.57 Å². The third-order valence-electron chi connectivity index (χ3n) is 6.48. The Labute approximate surface area is 199 Å². The molecule has 1 aromatic carbocycles. The molecule has 1 heteroatoms. The fraction of sp³-hybridized carbons (Fsp3) is 0.250. The van der Waals surface area contributed by atoms with Crippen LogP contribution in [0, 0.1) is 0 Å². The van der Waals surface area contributed by atoms with E-state index in [4.69, 9.17) is 0 Å². The van der Waals surface area contributed by atoms with Gasteiger partial charge in [-0.3, -0.25) is 0 Å². The van der Waals surface area contributed by atoms with Crippen molar-refractivity contribution in [3.8, 4) is 0 Å². The van der Waals surface area contributed by atoms with Gasteiger partial charge in [0.2, 0.25) is 0 Å². The van der Waals surface area contributed by atoms with Crippen molar-refractivity contribution in [2.24, 2.45) is 0 Å². The van der Waals surface area contributed by atoms with E-state index in [9.17, 15) is 0 Å². The average Bonchev–Trinajstić information content (AvgIpc) is 3.22. The highest BCUT2D eigenvalue weighted by Crippen LogP contribution is 2.40. The summed E-state index contributed by atoms with van der Waals surface area (Å²) in [5.74, 6) is 0. The summed E-state index contributed by atoms with van der Waals surface area (Å²) >= 11 is 0. The molecule has 0 bridgehead atoms. The number of rotatable bonds is 8. The maximum Gasteiger partial charge on any atom is 0.0331 e. The topological polar surface area (TPSA) is 12.0 Å². The molecular formula is C32H35N. The Balaban J connectivity index is 1.61. The monoisotopic (exact) mass is 433 g/mol.